The summed E-state index contributed by atoms with van der Waals surface area (Å²) in [5.41, 5.74) is 10.0. The molecule has 4 N–H and O–H groups in total. The van der Waals surface area contributed by atoms with Crippen LogP contribution in [0.3, 0.4) is 0 Å². The Labute approximate surface area is 168 Å². The minimum atomic E-state index is -0.0574. The van der Waals surface area contributed by atoms with Gasteiger partial charge in [-0.05, 0) is 64.8 Å². The number of nitrogens with one attached hydrogen (secondary N) is 2. The lowest BCUT2D eigenvalue weighted by Gasteiger charge is -2.09. The van der Waals surface area contributed by atoms with Crippen LogP contribution >= 0.6 is 0 Å². The molecule has 152 valence electrons. The van der Waals surface area contributed by atoms with Gasteiger partial charge >= 0.3 is 0 Å². The summed E-state index contributed by atoms with van der Waals surface area (Å²) in [5, 5.41) is 5.78. The van der Waals surface area contributed by atoms with Crippen LogP contribution in [0.15, 0.2) is 59.3 Å². The molecule has 5 nitrogen and oxygen atoms in total. The maximum absolute atomic E-state index is 12.2. The van der Waals surface area contributed by atoms with Gasteiger partial charge in [-0.15, -0.1) is 0 Å². The standard InChI is InChI=1S/C23H33N3O2/c1-5-18(4)16-19(15-17(2)3)25-22(27)13-7-6-8-14-23(28)26-21-12-10-9-11-20(21)24/h5,9-12,15-16H,6-8,13-14,24H2,1-4H3,(H,25,27)(H,26,28)/b18-5-,19-16+. The molecule has 1 rings (SSSR count). The largest absolute Gasteiger partial charge is 0.397 e. The van der Waals surface area contributed by atoms with E-state index in [2.05, 4.69) is 10.6 Å². The van der Waals surface area contributed by atoms with Crippen molar-refractivity contribution >= 4 is 23.2 Å². The van der Waals surface area contributed by atoms with E-state index < -0.39 is 0 Å². The van der Waals surface area contributed by atoms with Gasteiger partial charge in [0.15, 0.2) is 0 Å². The maximum atomic E-state index is 12.2. The molecule has 28 heavy (non-hydrogen) atoms. The first-order valence-electron chi connectivity index (χ1n) is 9.75. The van der Waals surface area contributed by atoms with Gasteiger partial charge < -0.3 is 16.4 Å². The third-order valence-corrected chi connectivity index (χ3v) is 4.11. The number of rotatable bonds is 10. The van der Waals surface area contributed by atoms with E-state index in [1.54, 1.807) is 12.1 Å². The summed E-state index contributed by atoms with van der Waals surface area (Å²) in [7, 11) is 0. The van der Waals surface area contributed by atoms with Crippen LogP contribution in [0.5, 0.6) is 0 Å². The Hall–Kier alpha value is -2.82. The molecule has 0 radical (unpaired) electrons. The maximum Gasteiger partial charge on any atom is 0.224 e. The van der Waals surface area contributed by atoms with Crippen LogP contribution in [0.25, 0.3) is 0 Å². The Morgan fingerprint density at radius 1 is 0.964 bits per heavy atom. The molecule has 2 amide bonds. The molecule has 0 aliphatic rings. The highest BCUT2D eigenvalue weighted by Gasteiger charge is 2.06. The lowest BCUT2D eigenvalue weighted by Crippen LogP contribution is -2.21. The van der Waals surface area contributed by atoms with Crippen LogP contribution in [0.4, 0.5) is 11.4 Å². The van der Waals surface area contributed by atoms with E-state index in [0.717, 1.165) is 36.1 Å². The van der Waals surface area contributed by atoms with Gasteiger partial charge in [-0.1, -0.05) is 35.8 Å². The van der Waals surface area contributed by atoms with Crippen molar-refractivity contribution in [3.05, 3.63) is 59.3 Å². The number of nitrogens with two attached hydrogens (primary N) is 1. The van der Waals surface area contributed by atoms with E-state index in [1.807, 2.05) is 58.1 Å². The van der Waals surface area contributed by atoms with Gasteiger partial charge in [0.1, 0.15) is 0 Å². The number of nitrogen functional groups attached to an aromatic ring is 1. The zero-order valence-corrected chi connectivity index (χ0v) is 17.5. The molecule has 0 spiro atoms. The van der Waals surface area contributed by atoms with Gasteiger partial charge in [0, 0.05) is 18.5 Å². The molecule has 0 fully saturated rings. The Morgan fingerprint density at radius 3 is 2.21 bits per heavy atom. The predicted molar refractivity (Wildman–Crippen MR) is 118 cm³/mol. The second-order valence-corrected chi connectivity index (χ2v) is 7.10. The highest BCUT2D eigenvalue weighted by Crippen LogP contribution is 2.17. The zero-order valence-electron chi connectivity index (χ0n) is 17.5. The first-order chi connectivity index (χ1) is 13.3. The highest BCUT2D eigenvalue weighted by atomic mass is 16.2. The Kier molecular flexibility index (Phi) is 10.4. The number of para-hydroxylation sites is 2. The molecule has 0 saturated carbocycles. The molecule has 0 unspecified atom stereocenters. The van der Waals surface area contributed by atoms with Crippen molar-refractivity contribution in [1.82, 2.24) is 5.32 Å². The third kappa shape index (κ3) is 9.76. The van der Waals surface area contributed by atoms with Crippen molar-refractivity contribution < 1.29 is 9.59 Å². The molecule has 0 heterocycles. The van der Waals surface area contributed by atoms with Gasteiger partial charge in [-0.2, -0.15) is 0 Å². The van der Waals surface area contributed by atoms with E-state index >= 15 is 0 Å². The summed E-state index contributed by atoms with van der Waals surface area (Å²) in [6.07, 6.45) is 9.09. The number of carbonyl (C=O) groups is 2. The average Bonchev–Trinajstić information content (AvgIpc) is 2.62. The quantitative estimate of drug-likeness (QED) is 0.299. The smallest absolute Gasteiger partial charge is 0.224 e. The number of hydrogen-bond donors (Lipinski definition) is 3. The minimum absolute atomic E-state index is 0.00540. The van der Waals surface area contributed by atoms with Crippen molar-refractivity contribution in [3.8, 4) is 0 Å². The zero-order chi connectivity index (χ0) is 20.9. The fourth-order valence-electron chi connectivity index (χ4n) is 2.55. The van der Waals surface area contributed by atoms with Crippen molar-refractivity contribution in [2.45, 2.75) is 59.8 Å². The van der Waals surface area contributed by atoms with Crippen LogP contribution in [-0.4, -0.2) is 11.8 Å². The lowest BCUT2D eigenvalue weighted by molar-refractivity contribution is -0.120. The van der Waals surface area contributed by atoms with Crippen LogP contribution in [0.2, 0.25) is 0 Å². The van der Waals surface area contributed by atoms with E-state index in [-0.39, 0.29) is 11.8 Å². The summed E-state index contributed by atoms with van der Waals surface area (Å²) in [4.78, 5) is 24.2. The van der Waals surface area contributed by atoms with Crippen molar-refractivity contribution in [2.75, 3.05) is 11.1 Å². The topological polar surface area (TPSA) is 84.2 Å². The number of allylic oxidation sites excluding steroid dienone is 5. The second kappa shape index (κ2) is 12.5. The number of amides is 2. The molecule has 0 aliphatic heterocycles. The Bertz CT molecular complexity index is 757. The Balaban J connectivity index is 2.34. The molecular weight excluding hydrogens is 350 g/mol. The lowest BCUT2D eigenvalue weighted by atomic mass is 10.1. The molecule has 0 aliphatic carbocycles. The van der Waals surface area contributed by atoms with Gasteiger partial charge in [0.2, 0.25) is 11.8 Å². The molecule has 5 heteroatoms. The third-order valence-electron chi connectivity index (χ3n) is 4.11. The molecule has 0 saturated heterocycles. The second-order valence-electron chi connectivity index (χ2n) is 7.10. The van der Waals surface area contributed by atoms with Gasteiger partial charge in [0.25, 0.3) is 0 Å². The summed E-state index contributed by atoms with van der Waals surface area (Å²) >= 11 is 0. The fraction of sp³-hybridized carbons (Fsp3) is 0.391. The SMILES string of the molecule is C/C=C(C)\C=C(/C=C(C)C)NC(=O)CCCCCC(=O)Nc1ccccc1N. The highest BCUT2D eigenvalue weighted by molar-refractivity contribution is 5.93. The van der Waals surface area contributed by atoms with Crippen molar-refractivity contribution in [2.24, 2.45) is 0 Å². The predicted octanol–water partition coefficient (Wildman–Crippen LogP) is 5.09. The summed E-state index contributed by atoms with van der Waals surface area (Å²) in [6, 6.07) is 7.20. The monoisotopic (exact) mass is 383 g/mol. The summed E-state index contributed by atoms with van der Waals surface area (Å²) < 4.78 is 0. The summed E-state index contributed by atoms with van der Waals surface area (Å²) in [5.74, 6) is -0.0629. The van der Waals surface area contributed by atoms with Gasteiger partial charge in [0.05, 0.1) is 11.4 Å². The van der Waals surface area contributed by atoms with Crippen LogP contribution in [0, 0.1) is 0 Å². The fourth-order valence-corrected chi connectivity index (χ4v) is 2.55. The van der Waals surface area contributed by atoms with Crippen LogP contribution in [0.1, 0.15) is 59.8 Å². The minimum Gasteiger partial charge on any atom is -0.397 e. The van der Waals surface area contributed by atoms with Crippen molar-refractivity contribution in [1.29, 1.82) is 0 Å². The normalized spacial score (nSPS) is 11.7. The molecule has 1 aromatic carbocycles. The average molecular weight is 384 g/mol. The molecular formula is C23H33N3O2. The first-order valence-corrected chi connectivity index (χ1v) is 9.75. The number of benzene rings is 1. The van der Waals surface area contributed by atoms with E-state index in [4.69, 9.17) is 5.73 Å². The van der Waals surface area contributed by atoms with E-state index in [1.165, 1.54) is 0 Å². The van der Waals surface area contributed by atoms with Gasteiger partial charge in [-0.3, -0.25) is 9.59 Å². The van der Waals surface area contributed by atoms with Crippen LogP contribution < -0.4 is 16.4 Å². The number of unbranched alkanes of at least 4 members (excludes halogenated alkanes) is 2. The molecule has 0 bridgehead atoms. The first kappa shape index (κ1) is 23.2. The van der Waals surface area contributed by atoms with E-state index in [0.29, 0.717) is 24.2 Å². The van der Waals surface area contributed by atoms with Gasteiger partial charge in [-0.25, -0.2) is 0 Å². The van der Waals surface area contributed by atoms with Crippen molar-refractivity contribution in [3.63, 3.8) is 0 Å². The van der Waals surface area contributed by atoms with E-state index in [9.17, 15) is 9.59 Å². The molecule has 0 aromatic heterocycles. The number of carbonyl (C=O) groups excluding carboxylic acids is 2. The van der Waals surface area contributed by atoms with Crippen LogP contribution in [-0.2, 0) is 9.59 Å². The Morgan fingerprint density at radius 2 is 1.61 bits per heavy atom. The molecule has 1 aromatic rings. The number of hydrogen-bond acceptors (Lipinski definition) is 3. The number of anilines is 2. The summed E-state index contributed by atoms with van der Waals surface area (Å²) in [6.45, 7) is 7.97. The molecule has 0 atom stereocenters.